The molecule has 2 bridgehead atoms. The van der Waals surface area contributed by atoms with E-state index in [1.54, 1.807) is 32.9 Å². The van der Waals surface area contributed by atoms with Crippen LogP contribution in [0.15, 0.2) is 28.9 Å². The Morgan fingerprint density at radius 1 is 0.730 bits per heavy atom. The van der Waals surface area contributed by atoms with Gasteiger partial charge in [-0.2, -0.15) is 0 Å². The molecule has 5 heterocycles. The summed E-state index contributed by atoms with van der Waals surface area (Å²) in [4.78, 5) is 76.5. The molecule has 2 saturated heterocycles. The molecular formula is C46H48O17. The second-order valence-corrected chi connectivity index (χ2v) is 18.1. The third-order valence-electron chi connectivity index (χ3n) is 14.2. The first-order valence-corrected chi connectivity index (χ1v) is 21.2. The normalized spacial score (nSPS) is 36.5. The fraction of sp³-hybridized carbons (Fsp3) is 0.522. The average Bonchev–Trinajstić information content (AvgIpc) is 3.58. The van der Waals surface area contributed by atoms with Gasteiger partial charge in [-0.05, 0) is 64.3 Å². The molecule has 2 aromatic rings. The Kier molecular flexibility index (Phi) is 10.3. The molecule has 0 amide bonds. The molecule has 9 aliphatic rings. The minimum atomic E-state index is -2.02. The van der Waals surface area contributed by atoms with Crippen LogP contribution >= 0.6 is 0 Å². The van der Waals surface area contributed by atoms with Gasteiger partial charge in [0, 0.05) is 71.4 Å². The standard InChI is InChI=1S/C23H24O9.C23H24O8/c1-7-16-11(10-3-9(24)4-14(10)31-7)5-12-17(21(16)28)22(29)23(30)18(20(12)27)15-6-13(25)19(26)8(2)32-15;1-8(24)4-12-5-11-6-13-17(21(27)16(11)9(2)30-12)22(28)19-18(20(13)26)14-7-15(25)23(19,29)10(3)31-14/h5,7-8,10,13-15,19,25-28H,3-4,6H2,1-2H3;6,9-10,12,14-15,25,27,29H,4-5,7H2,1-3H3/t;9-,10?,12-,14?,15?,23?/m.0/s1. The van der Waals surface area contributed by atoms with Crippen LogP contribution in [-0.4, -0.2) is 131 Å². The summed E-state index contributed by atoms with van der Waals surface area (Å²) in [5.74, 6) is -4.82. The average molecular weight is 873 g/mol. The van der Waals surface area contributed by atoms with Gasteiger partial charge in [0.25, 0.3) is 0 Å². The van der Waals surface area contributed by atoms with Crippen molar-refractivity contribution in [2.75, 3.05) is 0 Å². The number of hydrogen-bond donors (Lipinski definition) is 7. The number of hydrogen-bond acceptors (Lipinski definition) is 17. The van der Waals surface area contributed by atoms with Gasteiger partial charge in [0.15, 0.2) is 11.6 Å². The van der Waals surface area contributed by atoms with Crippen molar-refractivity contribution in [1.82, 2.24) is 0 Å². The molecule has 3 fully saturated rings. The number of aromatic hydroxyl groups is 2. The van der Waals surface area contributed by atoms with E-state index < -0.39 is 95.2 Å². The number of fused-ring (bicyclic) bond motifs is 8. The minimum absolute atomic E-state index is 0.00934. The zero-order valence-electron chi connectivity index (χ0n) is 35.0. The molecule has 0 aromatic heterocycles. The van der Waals surface area contributed by atoms with Gasteiger partial charge >= 0.3 is 0 Å². The lowest BCUT2D eigenvalue weighted by atomic mass is 9.63. The van der Waals surface area contributed by atoms with Crippen LogP contribution in [0.25, 0.3) is 5.76 Å². The molecule has 11 unspecified atom stereocenters. The molecule has 11 rings (SSSR count). The first kappa shape index (κ1) is 43.3. The Bertz CT molecular complexity index is 2490. The lowest BCUT2D eigenvalue weighted by Gasteiger charge is -2.52. The van der Waals surface area contributed by atoms with E-state index in [1.165, 1.54) is 13.8 Å². The minimum Gasteiger partial charge on any atom is -0.507 e. The van der Waals surface area contributed by atoms with E-state index in [0.29, 0.717) is 28.7 Å². The highest BCUT2D eigenvalue weighted by molar-refractivity contribution is 6.53. The highest BCUT2D eigenvalue weighted by Crippen LogP contribution is 2.53. The van der Waals surface area contributed by atoms with Crippen molar-refractivity contribution in [3.8, 4) is 11.5 Å². The van der Waals surface area contributed by atoms with Gasteiger partial charge in [-0.3, -0.25) is 28.8 Å². The van der Waals surface area contributed by atoms with E-state index in [0.717, 1.165) is 0 Å². The summed E-state index contributed by atoms with van der Waals surface area (Å²) in [6, 6.07) is 3.14. The van der Waals surface area contributed by atoms with Crippen LogP contribution in [0.3, 0.4) is 0 Å². The van der Waals surface area contributed by atoms with Crippen molar-refractivity contribution in [2.45, 2.75) is 152 Å². The van der Waals surface area contributed by atoms with Gasteiger partial charge in [0.1, 0.15) is 40.5 Å². The van der Waals surface area contributed by atoms with Crippen LogP contribution in [0.2, 0.25) is 0 Å². The smallest absolute Gasteiger partial charge is 0.237 e. The van der Waals surface area contributed by atoms with Crippen molar-refractivity contribution in [1.29, 1.82) is 0 Å². The third-order valence-corrected chi connectivity index (χ3v) is 14.2. The Hall–Kier alpha value is -4.98. The number of benzene rings is 2. The Labute approximate surface area is 359 Å². The SMILES string of the molecule is CC(=O)C[C@H]1Cc2cc3c(c(O)c2[C@H](C)O1)C(=O)C1=C(C3=O)C2CC(O)C1(O)C(C)O2.CC1OC2CC(=O)CC2c2cc3c(c(O)c21)C(=O)C(=O)C(C1CC(O)C(O)C(C)O1)=C3O. The Morgan fingerprint density at radius 3 is 2.05 bits per heavy atom. The summed E-state index contributed by atoms with van der Waals surface area (Å²) in [5.41, 5.74) is -0.879. The first-order valence-electron chi connectivity index (χ1n) is 21.2. The van der Waals surface area contributed by atoms with Gasteiger partial charge in [-0.15, -0.1) is 0 Å². The maximum absolute atomic E-state index is 13.5. The lowest BCUT2D eigenvalue weighted by molar-refractivity contribution is -0.207. The third kappa shape index (κ3) is 6.34. The van der Waals surface area contributed by atoms with Crippen LogP contribution in [0.4, 0.5) is 0 Å². The molecular weight excluding hydrogens is 824 g/mol. The van der Waals surface area contributed by atoms with Gasteiger partial charge in [0.05, 0.1) is 77.7 Å². The molecule has 7 N–H and O–H groups in total. The van der Waals surface area contributed by atoms with Crippen molar-refractivity contribution >= 4 is 40.5 Å². The van der Waals surface area contributed by atoms with Gasteiger partial charge in [0.2, 0.25) is 11.6 Å². The number of aliphatic hydroxyl groups is 5. The van der Waals surface area contributed by atoms with Crippen molar-refractivity contribution in [2.24, 2.45) is 0 Å². The number of phenols is 2. The predicted octanol–water partition coefficient (Wildman–Crippen LogP) is 2.56. The van der Waals surface area contributed by atoms with E-state index in [2.05, 4.69) is 0 Å². The molecule has 17 heteroatoms. The van der Waals surface area contributed by atoms with Gasteiger partial charge in [-0.1, -0.05) is 0 Å². The van der Waals surface area contributed by atoms with Crippen LogP contribution in [0.1, 0.15) is 144 Å². The molecule has 1 saturated carbocycles. The Morgan fingerprint density at radius 2 is 1.38 bits per heavy atom. The zero-order chi connectivity index (χ0) is 45.5. The molecule has 0 radical (unpaired) electrons. The number of Topliss-reactive ketones (excluding diaryl/α,β-unsaturated/α-hetero) is 6. The van der Waals surface area contributed by atoms with Crippen LogP contribution in [0, 0.1) is 0 Å². The van der Waals surface area contributed by atoms with Gasteiger partial charge in [-0.25, -0.2) is 0 Å². The summed E-state index contributed by atoms with van der Waals surface area (Å²) in [6.07, 6.45) is -8.31. The highest BCUT2D eigenvalue weighted by Gasteiger charge is 2.62. The van der Waals surface area contributed by atoms with E-state index in [9.17, 15) is 64.5 Å². The summed E-state index contributed by atoms with van der Waals surface area (Å²) in [6.45, 7) is 7.95. The van der Waals surface area contributed by atoms with E-state index in [4.69, 9.17) is 18.9 Å². The van der Waals surface area contributed by atoms with Crippen molar-refractivity contribution in [3.05, 3.63) is 73.4 Å². The van der Waals surface area contributed by atoms with Gasteiger partial charge < -0.3 is 54.7 Å². The number of aliphatic hydroxyl groups excluding tert-OH is 4. The second kappa shape index (κ2) is 15.1. The monoisotopic (exact) mass is 872 g/mol. The molecule has 0 spiro atoms. The number of rotatable bonds is 3. The molecule has 17 nitrogen and oxygen atoms in total. The Balaban J connectivity index is 0.000000160. The maximum Gasteiger partial charge on any atom is 0.237 e. The quantitative estimate of drug-likeness (QED) is 0.218. The van der Waals surface area contributed by atoms with Crippen LogP contribution < -0.4 is 0 Å². The second-order valence-electron chi connectivity index (χ2n) is 18.1. The summed E-state index contributed by atoms with van der Waals surface area (Å²) in [7, 11) is 0. The summed E-state index contributed by atoms with van der Waals surface area (Å²) >= 11 is 0. The number of ketones is 6. The molecule has 5 aliphatic heterocycles. The molecule has 63 heavy (non-hydrogen) atoms. The van der Waals surface area contributed by atoms with Crippen molar-refractivity contribution in [3.63, 3.8) is 0 Å². The summed E-state index contributed by atoms with van der Waals surface area (Å²) in [5, 5.41) is 74.9. The fourth-order valence-electron chi connectivity index (χ4n) is 11.2. The van der Waals surface area contributed by atoms with Crippen molar-refractivity contribution < 1.29 is 83.5 Å². The highest BCUT2D eigenvalue weighted by atomic mass is 16.5. The van der Waals surface area contributed by atoms with E-state index in [-0.39, 0.29) is 107 Å². The number of phenolic OH excluding ortho intramolecular Hbond substituents is 2. The topological polar surface area (TPSA) is 281 Å². The van der Waals surface area contributed by atoms with E-state index in [1.807, 2.05) is 0 Å². The first-order chi connectivity index (χ1) is 29.6. The molecule has 13 atom stereocenters. The zero-order valence-corrected chi connectivity index (χ0v) is 35.0. The molecule has 2 aromatic carbocycles. The number of carbonyl (C=O) groups is 6. The maximum atomic E-state index is 13.5. The molecule has 4 aliphatic carbocycles. The fourth-order valence-corrected chi connectivity index (χ4v) is 11.2. The largest absolute Gasteiger partial charge is 0.507 e. The van der Waals surface area contributed by atoms with Crippen LogP contribution in [0.5, 0.6) is 11.5 Å². The summed E-state index contributed by atoms with van der Waals surface area (Å²) < 4.78 is 23.1. The molecule has 334 valence electrons. The predicted molar refractivity (Wildman–Crippen MR) is 214 cm³/mol. The number of carbonyl (C=O) groups excluding carboxylic acids is 6. The van der Waals surface area contributed by atoms with E-state index >= 15 is 0 Å². The lowest BCUT2D eigenvalue weighted by Crippen LogP contribution is -2.66. The van der Waals surface area contributed by atoms with Crippen LogP contribution in [-0.2, 0) is 39.8 Å². The number of ether oxygens (including phenoxy) is 4.